The lowest BCUT2D eigenvalue weighted by atomic mass is 9.85. The topological polar surface area (TPSA) is 29.1 Å². The quantitative estimate of drug-likeness (QED) is 0.814. The minimum atomic E-state index is 0.0144. The van der Waals surface area contributed by atoms with Crippen LogP contribution < -0.4 is 5.32 Å². The van der Waals surface area contributed by atoms with Crippen molar-refractivity contribution in [1.82, 2.24) is 5.32 Å². The van der Waals surface area contributed by atoms with Crippen LogP contribution in [0.15, 0.2) is 18.2 Å². The highest BCUT2D eigenvalue weighted by atomic mass is 16.1. The molecule has 0 atom stereocenters. The van der Waals surface area contributed by atoms with Crippen LogP contribution >= 0.6 is 0 Å². The monoisotopic (exact) mass is 219 g/mol. The summed E-state index contributed by atoms with van der Waals surface area (Å²) in [7, 11) is 0. The van der Waals surface area contributed by atoms with Gasteiger partial charge in [-0.2, -0.15) is 0 Å². The summed E-state index contributed by atoms with van der Waals surface area (Å²) >= 11 is 0. The maximum absolute atomic E-state index is 10.9. The van der Waals surface area contributed by atoms with E-state index in [2.05, 4.69) is 51.2 Å². The van der Waals surface area contributed by atoms with Gasteiger partial charge in [-0.1, -0.05) is 39.0 Å². The first-order valence-electron chi connectivity index (χ1n) is 5.65. The molecule has 1 N–H and O–H groups in total. The largest absolute Gasteiger partial charge is 0.352 e. The van der Waals surface area contributed by atoms with E-state index in [-0.39, 0.29) is 11.3 Å². The smallest absolute Gasteiger partial charge is 0.217 e. The van der Waals surface area contributed by atoms with Crippen LogP contribution in [0.2, 0.25) is 0 Å². The van der Waals surface area contributed by atoms with E-state index in [9.17, 15) is 4.79 Å². The molecule has 0 saturated heterocycles. The summed E-state index contributed by atoms with van der Waals surface area (Å²) in [6.07, 6.45) is 0. The number of benzene rings is 1. The van der Waals surface area contributed by atoms with E-state index in [0.717, 1.165) is 0 Å². The molecule has 0 saturated carbocycles. The van der Waals surface area contributed by atoms with Crippen molar-refractivity contribution in [3.05, 3.63) is 34.9 Å². The second kappa shape index (κ2) is 4.69. The SMILES string of the molecule is CC(=O)NCc1cc(C(C)(C)C)ccc1C. The number of nitrogens with one attached hydrogen (secondary N) is 1. The van der Waals surface area contributed by atoms with Gasteiger partial charge in [0.25, 0.3) is 0 Å². The molecule has 1 amide bonds. The van der Waals surface area contributed by atoms with Crippen LogP contribution in [0.5, 0.6) is 0 Å². The second-order valence-corrected chi connectivity index (χ2v) is 5.30. The molecule has 1 aromatic rings. The predicted molar refractivity (Wildman–Crippen MR) is 67.4 cm³/mol. The molecular formula is C14H21NO. The molecule has 1 rings (SSSR count). The van der Waals surface area contributed by atoms with Gasteiger partial charge < -0.3 is 5.32 Å². The first kappa shape index (κ1) is 12.8. The average molecular weight is 219 g/mol. The van der Waals surface area contributed by atoms with Gasteiger partial charge in [-0.3, -0.25) is 4.79 Å². The lowest BCUT2D eigenvalue weighted by molar-refractivity contribution is -0.119. The Morgan fingerprint density at radius 1 is 1.31 bits per heavy atom. The van der Waals surface area contributed by atoms with Crippen molar-refractivity contribution >= 4 is 5.91 Å². The van der Waals surface area contributed by atoms with E-state index in [0.29, 0.717) is 6.54 Å². The third-order valence-corrected chi connectivity index (χ3v) is 2.74. The molecule has 0 aliphatic rings. The van der Waals surface area contributed by atoms with E-state index >= 15 is 0 Å². The first-order chi connectivity index (χ1) is 7.30. The fourth-order valence-electron chi connectivity index (χ4n) is 1.55. The molecule has 88 valence electrons. The van der Waals surface area contributed by atoms with E-state index < -0.39 is 0 Å². The fraction of sp³-hybridized carbons (Fsp3) is 0.500. The Morgan fingerprint density at radius 3 is 2.44 bits per heavy atom. The highest BCUT2D eigenvalue weighted by Gasteiger charge is 2.14. The Balaban J connectivity index is 2.95. The zero-order chi connectivity index (χ0) is 12.3. The molecule has 0 radical (unpaired) electrons. The van der Waals surface area contributed by atoms with Crippen molar-refractivity contribution in [1.29, 1.82) is 0 Å². The van der Waals surface area contributed by atoms with Crippen LogP contribution in [0, 0.1) is 6.92 Å². The molecule has 0 fully saturated rings. The van der Waals surface area contributed by atoms with E-state index in [4.69, 9.17) is 0 Å². The Labute approximate surface area is 98.1 Å². The summed E-state index contributed by atoms with van der Waals surface area (Å²) in [6, 6.07) is 6.47. The molecule has 0 aliphatic heterocycles. The minimum Gasteiger partial charge on any atom is -0.352 e. The molecule has 2 nitrogen and oxygen atoms in total. The molecule has 0 spiro atoms. The van der Waals surface area contributed by atoms with Crippen molar-refractivity contribution in [2.45, 2.75) is 46.6 Å². The van der Waals surface area contributed by atoms with Crippen LogP contribution in [-0.2, 0) is 16.8 Å². The van der Waals surface area contributed by atoms with Crippen molar-refractivity contribution in [3.63, 3.8) is 0 Å². The van der Waals surface area contributed by atoms with Crippen LogP contribution in [-0.4, -0.2) is 5.91 Å². The second-order valence-electron chi connectivity index (χ2n) is 5.30. The van der Waals surface area contributed by atoms with Crippen LogP contribution in [0.3, 0.4) is 0 Å². The molecule has 0 aliphatic carbocycles. The normalized spacial score (nSPS) is 11.3. The number of amides is 1. The van der Waals surface area contributed by atoms with Crippen molar-refractivity contribution in [2.75, 3.05) is 0 Å². The maximum Gasteiger partial charge on any atom is 0.217 e. The third-order valence-electron chi connectivity index (χ3n) is 2.74. The standard InChI is InChI=1S/C14H21NO/c1-10-6-7-13(14(3,4)5)8-12(10)9-15-11(2)16/h6-8H,9H2,1-5H3,(H,15,16). The number of rotatable bonds is 2. The number of hydrogen-bond acceptors (Lipinski definition) is 1. The fourth-order valence-corrected chi connectivity index (χ4v) is 1.55. The first-order valence-corrected chi connectivity index (χ1v) is 5.65. The van der Waals surface area contributed by atoms with E-state index in [1.54, 1.807) is 6.92 Å². The van der Waals surface area contributed by atoms with Crippen LogP contribution in [0.4, 0.5) is 0 Å². The molecule has 1 aromatic carbocycles. The van der Waals surface area contributed by atoms with Gasteiger partial charge in [0.2, 0.25) is 5.91 Å². The van der Waals surface area contributed by atoms with Gasteiger partial charge in [0.1, 0.15) is 0 Å². The Kier molecular flexibility index (Phi) is 3.74. The molecule has 2 heteroatoms. The number of carbonyl (C=O) groups excluding carboxylic acids is 1. The van der Waals surface area contributed by atoms with Crippen molar-refractivity contribution in [3.8, 4) is 0 Å². The van der Waals surface area contributed by atoms with Gasteiger partial charge in [0.05, 0.1) is 0 Å². The lowest BCUT2D eigenvalue weighted by Crippen LogP contribution is -2.20. The highest BCUT2D eigenvalue weighted by Crippen LogP contribution is 2.24. The van der Waals surface area contributed by atoms with Gasteiger partial charge in [-0.25, -0.2) is 0 Å². The molecule has 0 heterocycles. The lowest BCUT2D eigenvalue weighted by Gasteiger charge is -2.21. The van der Waals surface area contributed by atoms with Crippen molar-refractivity contribution < 1.29 is 4.79 Å². The highest BCUT2D eigenvalue weighted by molar-refractivity contribution is 5.72. The Morgan fingerprint density at radius 2 is 1.94 bits per heavy atom. The maximum atomic E-state index is 10.9. The zero-order valence-corrected chi connectivity index (χ0v) is 10.8. The number of hydrogen-bond donors (Lipinski definition) is 1. The van der Waals surface area contributed by atoms with Crippen molar-refractivity contribution in [2.24, 2.45) is 0 Å². The molecule has 16 heavy (non-hydrogen) atoms. The summed E-state index contributed by atoms with van der Waals surface area (Å²) in [5.41, 5.74) is 3.88. The van der Waals surface area contributed by atoms with Gasteiger partial charge in [-0.05, 0) is 29.0 Å². The number of carbonyl (C=O) groups is 1. The predicted octanol–water partition coefficient (Wildman–Crippen LogP) is 2.93. The summed E-state index contributed by atoms with van der Waals surface area (Å²) in [6.45, 7) is 10.8. The summed E-state index contributed by atoms with van der Waals surface area (Å²) in [4.78, 5) is 10.9. The van der Waals surface area contributed by atoms with Crippen LogP contribution in [0.25, 0.3) is 0 Å². The molecular weight excluding hydrogens is 198 g/mol. The van der Waals surface area contributed by atoms with E-state index in [1.807, 2.05) is 0 Å². The van der Waals surface area contributed by atoms with Gasteiger partial charge >= 0.3 is 0 Å². The number of aryl methyl sites for hydroxylation is 1. The Hall–Kier alpha value is -1.31. The third kappa shape index (κ3) is 3.37. The Bertz CT molecular complexity index is 388. The molecule has 0 aromatic heterocycles. The summed E-state index contributed by atoms with van der Waals surface area (Å²) in [5.74, 6) is 0.0144. The summed E-state index contributed by atoms with van der Waals surface area (Å²) < 4.78 is 0. The minimum absolute atomic E-state index is 0.0144. The van der Waals surface area contributed by atoms with Crippen LogP contribution in [0.1, 0.15) is 44.4 Å². The van der Waals surface area contributed by atoms with Gasteiger partial charge in [-0.15, -0.1) is 0 Å². The van der Waals surface area contributed by atoms with E-state index in [1.165, 1.54) is 16.7 Å². The average Bonchev–Trinajstić information content (AvgIpc) is 2.14. The zero-order valence-electron chi connectivity index (χ0n) is 10.8. The molecule has 0 unspecified atom stereocenters. The summed E-state index contributed by atoms with van der Waals surface area (Å²) in [5, 5.41) is 2.84. The van der Waals surface area contributed by atoms with Gasteiger partial charge in [0, 0.05) is 13.5 Å². The molecule has 0 bridgehead atoms. The van der Waals surface area contributed by atoms with Gasteiger partial charge in [0.15, 0.2) is 0 Å².